The Morgan fingerprint density at radius 1 is 1.43 bits per heavy atom. The SMILES string of the molecule is Cc1ccc(C)c(OCCCN2CCC(C(=O)O)C2C)c1. The summed E-state index contributed by atoms with van der Waals surface area (Å²) in [5.74, 6) is 0.0643. The summed E-state index contributed by atoms with van der Waals surface area (Å²) in [6, 6.07) is 6.35. The van der Waals surface area contributed by atoms with Crippen LogP contribution in [0.1, 0.15) is 30.9 Å². The van der Waals surface area contributed by atoms with Crippen molar-refractivity contribution in [3.8, 4) is 5.75 Å². The van der Waals surface area contributed by atoms with Gasteiger partial charge in [-0.2, -0.15) is 0 Å². The highest BCUT2D eigenvalue weighted by Gasteiger charge is 2.34. The lowest BCUT2D eigenvalue weighted by Crippen LogP contribution is -2.34. The molecule has 4 heteroatoms. The van der Waals surface area contributed by atoms with E-state index in [0.29, 0.717) is 6.61 Å². The zero-order valence-electron chi connectivity index (χ0n) is 13.1. The molecular weight excluding hydrogens is 266 g/mol. The molecule has 2 atom stereocenters. The monoisotopic (exact) mass is 291 g/mol. The molecule has 1 saturated heterocycles. The van der Waals surface area contributed by atoms with E-state index in [1.165, 1.54) is 5.56 Å². The molecule has 0 aromatic heterocycles. The van der Waals surface area contributed by atoms with Crippen molar-refractivity contribution >= 4 is 5.97 Å². The van der Waals surface area contributed by atoms with Crippen LogP contribution in [0, 0.1) is 19.8 Å². The maximum absolute atomic E-state index is 11.1. The lowest BCUT2D eigenvalue weighted by molar-refractivity contribution is -0.142. The maximum atomic E-state index is 11.1. The van der Waals surface area contributed by atoms with E-state index >= 15 is 0 Å². The molecule has 0 aliphatic carbocycles. The third-order valence-electron chi connectivity index (χ3n) is 4.39. The molecule has 2 unspecified atom stereocenters. The van der Waals surface area contributed by atoms with Gasteiger partial charge in [-0.25, -0.2) is 0 Å². The fourth-order valence-corrected chi connectivity index (χ4v) is 2.96. The van der Waals surface area contributed by atoms with Crippen molar-refractivity contribution in [3.63, 3.8) is 0 Å². The van der Waals surface area contributed by atoms with Gasteiger partial charge in [0.15, 0.2) is 0 Å². The van der Waals surface area contributed by atoms with Gasteiger partial charge in [0.1, 0.15) is 5.75 Å². The molecule has 0 saturated carbocycles. The Balaban J connectivity index is 1.75. The van der Waals surface area contributed by atoms with E-state index in [0.717, 1.165) is 37.2 Å². The van der Waals surface area contributed by atoms with Gasteiger partial charge in [-0.1, -0.05) is 12.1 Å². The number of likely N-dealkylation sites (tertiary alicyclic amines) is 1. The molecule has 1 aromatic carbocycles. The van der Waals surface area contributed by atoms with Crippen molar-refractivity contribution in [2.75, 3.05) is 19.7 Å². The van der Waals surface area contributed by atoms with Crippen LogP contribution in [0.25, 0.3) is 0 Å². The summed E-state index contributed by atoms with van der Waals surface area (Å²) in [5.41, 5.74) is 2.36. The molecule has 1 aliphatic heterocycles. The smallest absolute Gasteiger partial charge is 0.308 e. The van der Waals surface area contributed by atoms with E-state index in [9.17, 15) is 4.79 Å². The first-order chi connectivity index (χ1) is 9.99. The highest BCUT2D eigenvalue weighted by Crippen LogP contribution is 2.24. The molecule has 21 heavy (non-hydrogen) atoms. The lowest BCUT2D eigenvalue weighted by Gasteiger charge is -2.22. The summed E-state index contributed by atoms with van der Waals surface area (Å²) in [7, 11) is 0. The van der Waals surface area contributed by atoms with Gasteiger partial charge in [0.25, 0.3) is 0 Å². The number of hydrogen-bond donors (Lipinski definition) is 1. The first kappa shape index (κ1) is 15.8. The Bertz CT molecular complexity index is 501. The van der Waals surface area contributed by atoms with Gasteiger partial charge in [-0.05, 0) is 57.4 Å². The number of aryl methyl sites for hydroxylation is 2. The third kappa shape index (κ3) is 3.97. The normalized spacial score (nSPS) is 22.4. The highest BCUT2D eigenvalue weighted by molar-refractivity contribution is 5.71. The van der Waals surface area contributed by atoms with Crippen LogP contribution in [0.2, 0.25) is 0 Å². The first-order valence-corrected chi connectivity index (χ1v) is 7.66. The molecule has 0 bridgehead atoms. The largest absolute Gasteiger partial charge is 0.493 e. The zero-order valence-corrected chi connectivity index (χ0v) is 13.1. The molecule has 0 amide bonds. The van der Waals surface area contributed by atoms with Crippen LogP contribution in [0.15, 0.2) is 18.2 Å². The number of nitrogens with zero attached hydrogens (tertiary/aromatic N) is 1. The Hall–Kier alpha value is -1.55. The second-order valence-electron chi connectivity index (χ2n) is 5.98. The van der Waals surface area contributed by atoms with Crippen LogP contribution in [0.3, 0.4) is 0 Å². The summed E-state index contributed by atoms with van der Waals surface area (Å²) in [4.78, 5) is 13.3. The highest BCUT2D eigenvalue weighted by atomic mass is 16.5. The Kier molecular flexibility index (Phi) is 5.23. The van der Waals surface area contributed by atoms with Crippen LogP contribution in [0.4, 0.5) is 0 Å². The number of carboxylic acids is 1. The molecule has 1 fully saturated rings. The van der Waals surface area contributed by atoms with E-state index in [4.69, 9.17) is 9.84 Å². The summed E-state index contributed by atoms with van der Waals surface area (Å²) in [6.45, 7) is 8.57. The van der Waals surface area contributed by atoms with Crippen molar-refractivity contribution in [1.82, 2.24) is 4.90 Å². The van der Waals surface area contributed by atoms with Crippen molar-refractivity contribution in [2.24, 2.45) is 5.92 Å². The Morgan fingerprint density at radius 2 is 2.19 bits per heavy atom. The van der Waals surface area contributed by atoms with Crippen LogP contribution in [-0.2, 0) is 4.79 Å². The summed E-state index contributed by atoms with van der Waals surface area (Å²) >= 11 is 0. The van der Waals surface area contributed by atoms with Crippen LogP contribution >= 0.6 is 0 Å². The van der Waals surface area contributed by atoms with E-state index < -0.39 is 5.97 Å². The van der Waals surface area contributed by atoms with E-state index in [1.54, 1.807) is 0 Å². The molecule has 1 aliphatic rings. The zero-order chi connectivity index (χ0) is 15.4. The van der Waals surface area contributed by atoms with Gasteiger partial charge in [0.2, 0.25) is 0 Å². The van der Waals surface area contributed by atoms with E-state index in [2.05, 4.69) is 36.9 Å². The minimum Gasteiger partial charge on any atom is -0.493 e. The fraction of sp³-hybridized carbons (Fsp3) is 0.588. The number of hydrogen-bond acceptors (Lipinski definition) is 3. The van der Waals surface area contributed by atoms with Crippen molar-refractivity contribution in [3.05, 3.63) is 29.3 Å². The molecule has 1 aromatic rings. The van der Waals surface area contributed by atoms with Gasteiger partial charge in [0, 0.05) is 12.6 Å². The topological polar surface area (TPSA) is 49.8 Å². The first-order valence-electron chi connectivity index (χ1n) is 7.66. The molecule has 2 rings (SSSR count). The molecular formula is C17H25NO3. The number of aliphatic carboxylic acids is 1. The van der Waals surface area contributed by atoms with Gasteiger partial charge < -0.3 is 9.84 Å². The summed E-state index contributed by atoms with van der Waals surface area (Å²) in [6.07, 6.45) is 1.68. The van der Waals surface area contributed by atoms with E-state index in [-0.39, 0.29) is 12.0 Å². The number of carbonyl (C=O) groups is 1. The predicted octanol–water partition coefficient (Wildman–Crippen LogP) is 2.87. The predicted molar refractivity (Wildman–Crippen MR) is 82.8 cm³/mol. The van der Waals surface area contributed by atoms with Gasteiger partial charge in [-0.3, -0.25) is 9.69 Å². The lowest BCUT2D eigenvalue weighted by atomic mass is 10.0. The minimum atomic E-state index is -0.670. The maximum Gasteiger partial charge on any atom is 0.308 e. The summed E-state index contributed by atoms with van der Waals surface area (Å²) in [5, 5.41) is 9.13. The van der Waals surface area contributed by atoms with Crippen LogP contribution < -0.4 is 4.74 Å². The third-order valence-corrected chi connectivity index (χ3v) is 4.39. The number of ether oxygens (including phenoxy) is 1. The average molecular weight is 291 g/mol. The molecule has 1 N–H and O–H groups in total. The Morgan fingerprint density at radius 3 is 2.86 bits per heavy atom. The molecule has 0 spiro atoms. The van der Waals surface area contributed by atoms with Gasteiger partial charge >= 0.3 is 5.97 Å². The number of rotatable bonds is 6. The number of benzene rings is 1. The second-order valence-corrected chi connectivity index (χ2v) is 5.98. The standard InChI is InChI=1S/C17H25NO3/c1-12-5-6-13(2)16(11-12)21-10-4-8-18-9-7-15(14(18)3)17(19)20/h5-6,11,14-15H,4,7-10H2,1-3H3,(H,19,20). The Labute approximate surface area is 126 Å². The minimum absolute atomic E-state index is 0.128. The van der Waals surface area contributed by atoms with Crippen molar-refractivity contribution in [1.29, 1.82) is 0 Å². The summed E-state index contributed by atoms with van der Waals surface area (Å²) < 4.78 is 5.84. The van der Waals surface area contributed by atoms with Gasteiger partial charge in [-0.15, -0.1) is 0 Å². The molecule has 116 valence electrons. The molecule has 4 nitrogen and oxygen atoms in total. The van der Waals surface area contributed by atoms with Gasteiger partial charge in [0.05, 0.1) is 12.5 Å². The quantitative estimate of drug-likeness (QED) is 0.819. The average Bonchev–Trinajstić information content (AvgIpc) is 2.80. The van der Waals surface area contributed by atoms with Crippen molar-refractivity contribution < 1.29 is 14.6 Å². The molecule has 0 radical (unpaired) electrons. The number of carboxylic acid groups (broad SMARTS) is 1. The van der Waals surface area contributed by atoms with E-state index in [1.807, 2.05) is 6.92 Å². The molecule has 1 heterocycles. The van der Waals surface area contributed by atoms with Crippen LogP contribution in [-0.4, -0.2) is 41.7 Å². The fourth-order valence-electron chi connectivity index (χ4n) is 2.96. The second kappa shape index (κ2) is 6.94. The van der Waals surface area contributed by atoms with Crippen molar-refractivity contribution in [2.45, 2.75) is 39.7 Å². The van der Waals surface area contributed by atoms with Crippen LogP contribution in [0.5, 0.6) is 5.75 Å².